The molecule has 0 spiro atoms. The lowest BCUT2D eigenvalue weighted by atomic mass is 10.2. The van der Waals surface area contributed by atoms with E-state index in [0.29, 0.717) is 0 Å². The molecule has 3 rings (SSSR count). The molecule has 1 unspecified atom stereocenters. The van der Waals surface area contributed by atoms with Gasteiger partial charge in [0.1, 0.15) is 0 Å². The highest BCUT2D eigenvalue weighted by molar-refractivity contribution is 5.47. The third kappa shape index (κ3) is 5.09. The third-order valence-electron chi connectivity index (χ3n) is 4.41. The molecule has 1 amide bonds. The summed E-state index contributed by atoms with van der Waals surface area (Å²) in [5.74, 6) is 0. The Balaban J connectivity index is 0.000000188. The number of rotatable bonds is 3. The summed E-state index contributed by atoms with van der Waals surface area (Å²) in [7, 11) is 2.18. The monoisotopic (exact) mass is 305 g/mol. The van der Waals surface area contributed by atoms with Gasteiger partial charge in [0.05, 0.1) is 6.61 Å². The van der Waals surface area contributed by atoms with Crippen molar-refractivity contribution >= 4 is 6.41 Å². The Bertz CT molecular complexity index is 433. The molecule has 2 fully saturated rings. The van der Waals surface area contributed by atoms with Crippen molar-refractivity contribution in [2.24, 2.45) is 0 Å². The molecule has 0 saturated carbocycles. The molecule has 22 heavy (non-hydrogen) atoms. The van der Waals surface area contributed by atoms with Crippen LogP contribution in [0, 0.1) is 0 Å². The topological polar surface area (TPSA) is 47.0 Å². The van der Waals surface area contributed by atoms with Crippen molar-refractivity contribution in [1.29, 1.82) is 0 Å². The predicted molar refractivity (Wildman–Crippen MR) is 87.5 cm³/mol. The maximum atomic E-state index is 10.5. The molecule has 5 heteroatoms. The summed E-state index contributed by atoms with van der Waals surface area (Å²) >= 11 is 0. The largest absolute Gasteiger partial charge is 0.392 e. The zero-order chi connectivity index (χ0) is 15.8. The normalized spacial score (nSPS) is 23.0. The van der Waals surface area contributed by atoms with Crippen LogP contribution in [0.2, 0.25) is 0 Å². The number of amides is 1. The number of hydrogen-bond acceptors (Lipinski definition) is 4. The highest BCUT2D eigenvalue weighted by Crippen LogP contribution is 2.15. The molecule has 0 radical (unpaired) electrons. The molecule has 1 atom stereocenters. The number of nitrogens with zero attached hydrogens (tertiary/aromatic N) is 3. The van der Waals surface area contributed by atoms with E-state index in [2.05, 4.69) is 16.8 Å². The lowest BCUT2D eigenvalue weighted by molar-refractivity contribution is -0.120. The Hall–Kier alpha value is -1.43. The average Bonchev–Trinajstić information content (AvgIpc) is 3.03. The number of aliphatic hydroxyl groups excluding tert-OH is 1. The molecular formula is C17H27N3O2. The first-order valence-electron chi connectivity index (χ1n) is 7.99. The lowest BCUT2D eigenvalue weighted by Crippen LogP contribution is -2.50. The maximum Gasteiger partial charge on any atom is 0.209 e. The van der Waals surface area contributed by atoms with Crippen LogP contribution in [0.3, 0.4) is 0 Å². The fourth-order valence-electron chi connectivity index (χ4n) is 3.00. The molecule has 2 aliphatic rings. The predicted octanol–water partition coefficient (Wildman–Crippen LogP) is 0.643. The van der Waals surface area contributed by atoms with Gasteiger partial charge in [-0.3, -0.25) is 9.69 Å². The Labute approximate surface area is 133 Å². The molecule has 2 saturated heterocycles. The minimum absolute atomic E-state index is 0.140. The number of benzene rings is 1. The quantitative estimate of drug-likeness (QED) is 0.833. The summed E-state index contributed by atoms with van der Waals surface area (Å²) < 4.78 is 0. The molecular weight excluding hydrogens is 278 g/mol. The minimum Gasteiger partial charge on any atom is -0.392 e. The van der Waals surface area contributed by atoms with Gasteiger partial charge in [-0.05, 0) is 25.6 Å². The molecule has 2 aliphatic heterocycles. The number of piperazine rings is 1. The van der Waals surface area contributed by atoms with E-state index in [1.807, 2.05) is 35.2 Å². The molecule has 5 nitrogen and oxygen atoms in total. The molecule has 0 aliphatic carbocycles. The van der Waals surface area contributed by atoms with E-state index < -0.39 is 0 Å². The molecule has 122 valence electrons. The first kappa shape index (κ1) is 16.9. The summed E-state index contributed by atoms with van der Waals surface area (Å²) in [5.41, 5.74) is 0.965. The van der Waals surface area contributed by atoms with Crippen LogP contribution in [-0.4, -0.2) is 78.6 Å². The molecule has 0 bridgehead atoms. The molecule has 1 N–H and O–H groups in total. The summed E-state index contributed by atoms with van der Waals surface area (Å²) in [4.78, 5) is 17.3. The van der Waals surface area contributed by atoms with Crippen LogP contribution >= 0.6 is 0 Å². The number of carbonyl (C=O) groups excluding carboxylic acids is 1. The van der Waals surface area contributed by atoms with Crippen molar-refractivity contribution < 1.29 is 9.90 Å². The standard InChI is InChI=1S/C10H19N3O.C7H8O/c1-11-3-2-10(8-11)13-6-4-12(9-14)5-7-13;8-6-7-4-2-1-3-5-7/h9-10H,2-8H2,1H3;1-5,8H,6H2. The van der Waals surface area contributed by atoms with Gasteiger partial charge in [0, 0.05) is 38.8 Å². The van der Waals surface area contributed by atoms with Gasteiger partial charge < -0.3 is 14.9 Å². The number of likely N-dealkylation sites (tertiary alicyclic amines) is 1. The fraction of sp³-hybridized carbons (Fsp3) is 0.588. The van der Waals surface area contributed by atoms with E-state index >= 15 is 0 Å². The average molecular weight is 305 g/mol. The third-order valence-corrected chi connectivity index (χ3v) is 4.41. The number of hydrogen-bond donors (Lipinski definition) is 1. The second-order valence-corrected chi connectivity index (χ2v) is 6.03. The van der Waals surface area contributed by atoms with Crippen molar-refractivity contribution in [1.82, 2.24) is 14.7 Å². The van der Waals surface area contributed by atoms with Gasteiger partial charge in [-0.1, -0.05) is 30.3 Å². The zero-order valence-corrected chi connectivity index (χ0v) is 13.4. The van der Waals surface area contributed by atoms with Crippen molar-refractivity contribution in [2.75, 3.05) is 46.3 Å². The highest BCUT2D eigenvalue weighted by Gasteiger charge is 2.27. The van der Waals surface area contributed by atoms with Gasteiger partial charge in [-0.15, -0.1) is 0 Å². The van der Waals surface area contributed by atoms with Crippen LogP contribution in [0.1, 0.15) is 12.0 Å². The summed E-state index contributed by atoms with van der Waals surface area (Å²) in [6, 6.07) is 10.3. The first-order valence-corrected chi connectivity index (χ1v) is 7.99. The Morgan fingerprint density at radius 2 is 1.82 bits per heavy atom. The van der Waals surface area contributed by atoms with E-state index in [1.165, 1.54) is 19.5 Å². The Morgan fingerprint density at radius 1 is 1.14 bits per heavy atom. The van der Waals surface area contributed by atoms with Crippen molar-refractivity contribution in [3.05, 3.63) is 35.9 Å². The maximum absolute atomic E-state index is 10.5. The summed E-state index contributed by atoms with van der Waals surface area (Å²) in [6.07, 6.45) is 2.26. The van der Waals surface area contributed by atoms with Crippen LogP contribution in [0.15, 0.2) is 30.3 Å². The van der Waals surface area contributed by atoms with Gasteiger partial charge in [0.25, 0.3) is 0 Å². The molecule has 0 aromatic heterocycles. The van der Waals surface area contributed by atoms with Gasteiger partial charge in [-0.2, -0.15) is 0 Å². The molecule has 1 aromatic carbocycles. The zero-order valence-electron chi connectivity index (χ0n) is 13.4. The van der Waals surface area contributed by atoms with Gasteiger partial charge in [0.15, 0.2) is 0 Å². The fourth-order valence-corrected chi connectivity index (χ4v) is 3.00. The Morgan fingerprint density at radius 3 is 2.27 bits per heavy atom. The highest BCUT2D eigenvalue weighted by atomic mass is 16.3. The second kappa shape index (κ2) is 8.88. The van der Waals surface area contributed by atoms with Gasteiger partial charge in [-0.25, -0.2) is 0 Å². The number of aliphatic hydroxyl groups is 1. The second-order valence-electron chi connectivity index (χ2n) is 6.03. The van der Waals surface area contributed by atoms with E-state index in [1.54, 1.807) is 0 Å². The van der Waals surface area contributed by atoms with E-state index in [4.69, 9.17) is 5.11 Å². The van der Waals surface area contributed by atoms with Crippen LogP contribution in [0.25, 0.3) is 0 Å². The number of likely N-dealkylation sites (N-methyl/N-ethyl adjacent to an activating group) is 1. The van der Waals surface area contributed by atoms with Gasteiger partial charge in [0.2, 0.25) is 6.41 Å². The molecule has 2 heterocycles. The summed E-state index contributed by atoms with van der Waals surface area (Å²) in [5, 5.41) is 8.54. The minimum atomic E-state index is 0.140. The van der Waals surface area contributed by atoms with Crippen LogP contribution in [0.5, 0.6) is 0 Å². The van der Waals surface area contributed by atoms with Crippen LogP contribution < -0.4 is 0 Å². The van der Waals surface area contributed by atoms with Crippen molar-refractivity contribution in [3.63, 3.8) is 0 Å². The van der Waals surface area contributed by atoms with Crippen LogP contribution in [-0.2, 0) is 11.4 Å². The van der Waals surface area contributed by atoms with E-state index in [0.717, 1.165) is 44.2 Å². The van der Waals surface area contributed by atoms with Gasteiger partial charge >= 0.3 is 0 Å². The Kier molecular flexibility index (Phi) is 6.83. The SMILES string of the molecule is CN1CCC(N2CCN(C=O)CC2)C1.OCc1ccccc1. The van der Waals surface area contributed by atoms with Crippen molar-refractivity contribution in [2.45, 2.75) is 19.1 Å². The molecule has 1 aromatic rings. The summed E-state index contributed by atoms with van der Waals surface area (Å²) in [6.45, 7) is 6.47. The smallest absolute Gasteiger partial charge is 0.209 e. The van der Waals surface area contributed by atoms with E-state index in [-0.39, 0.29) is 6.61 Å². The van der Waals surface area contributed by atoms with Crippen LogP contribution in [0.4, 0.5) is 0 Å². The van der Waals surface area contributed by atoms with Crippen molar-refractivity contribution in [3.8, 4) is 0 Å². The van der Waals surface area contributed by atoms with E-state index in [9.17, 15) is 4.79 Å². The first-order chi connectivity index (χ1) is 10.7. The lowest BCUT2D eigenvalue weighted by Gasteiger charge is -2.36. The number of carbonyl (C=O) groups is 1.